The molecule has 0 saturated heterocycles. The highest BCUT2D eigenvalue weighted by Gasteiger charge is 2.23. The number of benzene rings is 1. The Morgan fingerprint density at radius 3 is 2.60 bits per heavy atom. The SMILES string of the molecule is CNCCCC(CC(=O)Nc1nc(C)c(C(C)(C)C)s1)NC(=O)c1cccc(-n2nnc(C)n2)c1. The van der Waals surface area contributed by atoms with Crippen molar-refractivity contribution in [1.82, 2.24) is 35.8 Å². The van der Waals surface area contributed by atoms with E-state index >= 15 is 0 Å². The van der Waals surface area contributed by atoms with Crippen LogP contribution in [0.3, 0.4) is 0 Å². The molecular weight excluding hydrogens is 464 g/mol. The molecule has 2 heterocycles. The van der Waals surface area contributed by atoms with E-state index in [2.05, 4.69) is 57.1 Å². The van der Waals surface area contributed by atoms with E-state index in [1.807, 2.05) is 14.0 Å². The zero-order valence-corrected chi connectivity index (χ0v) is 22.0. The third-order valence-electron chi connectivity index (χ3n) is 5.32. The number of hydrogen-bond acceptors (Lipinski definition) is 8. The molecule has 3 N–H and O–H groups in total. The molecule has 11 heteroatoms. The Kier molecular flexibility index (Phi) is 8.68. The van der Waals surface area contributed by atoms with Gasteiger partial charge in [0.25, 0.3) is 5.91 Å². The van der Waals surface area contributed by atoms with Crippen LogP contribution in [-0.4, -0.2) is 56.6 Å². The van der Waals surface area contributed by atoms with Crippen molar-refractivity contribution >= 4 is 28.3 Å². The maximum Gasteiger partial charge on any atom is 0.251 e. The molecule has 3 aromatic rings. The normalized spacial score (nSPS) is 12.4. The lowest BCUT2D eigenvalue weighted by Crippen LogP contribution is -2.38. The smallest absolute Gasteiger partial charge is 0.251 e. The van der Waals surface area contributed by atoms with Gasteiger partial charge in [0, 0.05) is 22.9 Å². The quantitative estimate of drug-likeness (QED) is 0.367. The molecule has 0 aliphatic rings. The first-order valence-corrected chi connectivity index (χ1v) is 12.5. The number of tetrazole rings is 1. The van der Waals surface area contributed by atoms with E-state index in [0.717, 1.165) is 23.5 Å². The van der Waals surface area contributed by atoms with Crippen LogP contribution in [0.25, 0.3) is 5.69 Å². The molecule has 1 aromatic carbocycles. The van der Waals surface area contributed by atoms with Crippen molar-refractivity contribution in [2.45, 2.75) is 65.3 Å². The first kappa shape index (κ1) is 26.4. The number of aromatic nitrogens is 5. The molecule has 1 unspecified atom stereocenters. The zero-order chi connectivity index (χ0) is 25.6. The summed E-state index contributed by atoms with van der Waals surface area (Å²) >= 11 is 1.50. The molecule has 0 aliphatic heterocycles. The molecule has 0 bridgehead atoms. The maximum atomic E-state index is 13.0. The zero-order valence-electron chi connectivity index (χ0n) is 21.2. The number of carbonyl (C=O) groups excluding carboxylic acids is 2. The number of hydrogen-bond donors (Lipinski definition) is 3. The first-order valence-electron chi connectivity index (χ1n) is 11.7. The molecule has 0 saturated carbocycles. The summed E-state index contributed by atoms with van der Waals surface area (Å²) in [5.41, 5.74) is 1.98. The third-order valence-corrected chi connectivity index (χ3v) is 6.82. The fraction of sp³-hybridized carbons (Fsp3) is 0.500. The standard InChI is InChI=1S/C24H34N8O2S/c1-15-21(24(3,4)5)35-23(26-15)28-20(33)14-18(10-8-12-25-6)27-22(34)17-9-7-11-19(13-17)32-30-16(2)29-31-32/h7,9,11,13,18,25H,8,10,12,14H2,1-6H3,(H,27,34)(H,26,28,33). The van der Waals surface area contributed by atoms with Gasteiger partial charge < -0.3 is 16.0 Å². The van der Waals surface area contributed by atoms with E-state index in [1.165, 1.54) is 16.1 Å². The van der Waals surface area contributed by atoms with Crippen molar-refractivity contribution in [3.8, 4) is 5.69 Å². The molecule has 10 nitrogen and oxygen atoms in total. The van der Waals surface area contributed by atoms with Gasteiger partial charge in [-0.15, -0.1) is 26.3 Å². The van der Waals surface area contributed by atoms with E-state index in [9.17, 15) is 9.59 Å². The maximum absolute atomic E-state index is 13.0. The molecule has 1 atom stereocenters. The predicted octanol–water partition coefficient (Wildman–Crippen LogP) is 3.16. The van der Waals surface area contributed by atoms with Crippen molar-refractivity contribution in [2.24, 2.45) is 0 Å². The van der Waals surface area contributed by atoms with Crippen molar-refractivity contribution in [2.75, 3.05) is 18.9 Å². The number of carbonyl (C=O) groups is 2. The molecule has 0 radical (unpaired) electrons. The van der Waals surface area contributed by atoms with Crippen LogP contribution in [0, 0.1) is 13.8 Å². The van der Waals surface area contributed by atoms with Crippen LogP contribution in [0.15, 0.2) is 24.3 Å². The van der Waals surface area contributed by atoms with Gasteiger partial charge in [-0.05, 0) is 69.1 Å². The van der Waals surface area contributed by atoms with Crippen LogP contribution < -0.4 is 16.0 Å². The summed E-state index contributed by atoms with van der Waals surface area (Å²) in [6.45, 7) is 10.9. The monoisotopic (exact) mass is 498 g/mol. The summed E-state index contributed by atoms with van der Waals surface area (Å²) in [5, 5.41) is 21.7. The molecule has 35 heavy (non-hydrogen) atoms. The number of anilines is 1. The highest BCUT2D eigenvalue weighted by Crippen LogP contribution is 2.33. The Labute approximate surface area is 209 Å². The molecule has 0 fully saturated rings. The number of amides is 2. The van der Waals surface area contributed by atoms with Crippen molar-refractivity contribution in [3.05, 3.63) is 46.2 Å². The van der Waals surface area contributed by atoms with Crippen molar-refractivity contribution in [3.63, 3.8) is 0 Å². The topological polar surface area (TPSA) is 127 Å². The van der Waals surface area contributed by atoms with Gasteiger partial charge in [-0.2, -0.15) is 0 Å². The van der Waals surface area contributed by atoms with Gasteiger partial charge in [0.05, 0.1) is 11.4 Å². The number of thiazole rings is 1. The lowest BCUT2D eigenvalue weighted by Gasteiger charge is -2.18. The van der Waals surface area contributed by atoms with E-state index < -0.39 is 0 Å². The first-order chi connectivity index (χ1) is 16.6. The number of aryl methyl sites for hydroxylation is 2. The van der Waals surface area contributed by atoms with Gasteiger partial charge in [0.1, 0.15) is 0 Å². The second-order valence-corrected chi connectivity index (χ2v) is 10.5. The Bertz CT molecular complexity index is 1160. The number of rotatable bonds is 10. The molecule has 3 rings (SSSR count). The lowest BCUT2D eigenvalue weighted by atomic mass is 9.94. The number of nitrogens with zero attached hydrogens (tertiary/aromatic N) is 5. The van der Waals surface area contributed by atoms with Crippen LogP contribution in [0.4, 0.5) is 5.13 Å². The average molecular weight is 499 g/mol. The predicted molar refractivity (Wildman–Crippen MR) is 137 cm³/mol. The van der Waals surface area contributed by atoms with Crippen LogP contribution >= 0.6 is 11.3 Å². The summed E-state index contributed by atoms with van der Waals surface area (Å²) < 4.78 is 0. The van der Waals surface area contributed by atoms with E-state index in [4.69, 9.17) is 0 Å². The third kappa shape index (κ3) is 7.40. The molecule has 0 spiro atoms. The molecule has 2 amide bonds. The molecule has 188 valence electrons. The van der Waals surface area contributed by atoms with Gasteiger partial charge in [-0.1, -0.05) is 26.8 Å². The van der Waals surface area contributed by atoms with Crippen LogP contribution in [0.1, 0.15) is 66.8 Å². The molecular formula is C24H34N8O2S. The van der Waals surface area contributed by atoms with Gasteiger partial charge in [-0.3, -0.25) is 9.59 Å². The van der Waals surface area contributed by atoms with Crippen molar-refractivity contribution in [1.29, 1.82) is 0 Å². The second kappa shape index (κ2) is 11.5. The fourth-order valence-corrected chi connectivity index (χ4v) is 4.76. The minimum Gasteiger partial charge on any atom is -0.349 e. The minimum atomic E-state index is -0.325. The van der Waals surface area contributed by atoms with E-state index in [1.54, 1.807) is 31.2 Å². The summed E-state index contributed by atoms with van der Waals surface area (Å²) in [4.78, 5) is 32.9. The highest BCUT2D eigenvalue weighted by atomic mass is 32.1. The van der Waals surface area contributed by atoms with Gasteiger partial charge in [-0.25, -0.2) is 4.98 Å². The summed E-state index contributed by atoms with van der Waals surface area (Å²) in [7, 11) is 1.88. The van der Waals surface area contributed by atoms with Gasteiger partial charge in [0.2, 0.25) is 5.91 Å². The van der Waals surface area contributed by atoms with Crippen molar-refractivity contribution < 1.29 is 9.59 Å². The van der Waals surface area contributed by atoms with E-state index in [0.29, 0.717) is 28.6 Å². The largest absolute Gasteiger partial charge is 0.349 e. The van der Waals surface area contributed by atoms with Gasteiger partial charge >= 0.3 is 0 Å². The second-order valence-electron chi connectivity index (χ2n) is 9.53. The average Bonchev–Trinajstić information content (AvgIpc) is 3.39. The Morgan fingerprint density at radius 2 is 1.97 bits per heavy atom. The Morgan fingerprint density at radius 1 is 1.20 bits per heavy atom. The Hall–Kier alpha value is -3.18. The van der Waals surface area contributed by atoms with E-state index in [-0.39, 0.29) is 29.7 Å². The Balaban J connectivity index is 1.68. The fourth-order valence-electron chi connectivity index (χ4n) is 3.72. The summed E-state index contributed by atoms with van der Waals surface area (Å²) in [6.07, 6.45) is 1.64. The molecule has 2 aromatic heterocycles. The molecule has 0 aliphatic carbocycles. The minimum absolute atomic E-state index is 0.0383. The lowest BCUT2D eigenvalue weighted by molar-refractivity contribution is -0.116. The number of nitrogens with one attached hydrogen (secondary N) is 3. The summed E-state index contributed by atoms with van der Waals surface area (Å²) in [5.74, 6) is 0.108. The van der Waals surface area contributed by atoms with Crippen LogP contribution in [-0.2, 0) is 10.2 Å². The highest BCUT2D eigenvalue weighted by molar-refractivity contribution is 7.16. The summed E-state index contributed by atoms with van der Waals surface area (Å²) in [6, 6.07) is 6.67. The van der Waals surface area contributed by atoms with Crippen LogP contribution in [0.5, 0.6) is 0 Å². The van der Waals surface area contributed by atoms with Crippen LogP contribution in [0.2, 0.25) is 0 Å². The van der Waals surface area contributed by atoms with Gasteiger partial charge in [0.15, 0.2) is 11.0 Å².